The van der Waals surface area contributed by atoms with Gasteiger partial charge in [0.05, 0.1) is 5.25 Å². The van der Waals surface area contributed by atoms with Crippen LogP contribution in [0.15, 0.2) is 24.3 Å². The molecule has 0 spiro atoms. The summed E-state index contributed by atoms with van der Waals surface area (Å²) in [4.78, 5) is 0. The van der Waals surface area contributed by atoms with Crippen molar-refractivity contribution in [2.24, 2.45) is 0 Å². The van der Waals surface area contributed by atoms with E-state index in [0.29, 0.717) is 13.1 Å². The van der Waals surface area contributed by atoms with Crippen LogP contribution in [0.4, 0.5) is 4.39 Å². The molecule has 5 heteroatoms. The summed E-state index contributed by atoms with van der Waals surface area (Å²) in [5, 5.41) is -0.144. The Labute approximate surface area is 119 Å². The Balaban J connectivity index is 1.80. The molecular formula is C15H20FNO2S. The third kappa shape index (κ3) is 2.88. The van der Waals surface area contributed by atoms with Gasteiger partial charge >= 0.3 is 0 Å². The third-order valence-corrected chi connectivity index (χ3v) is 6.65. The zero-order chi connectivity index (χ0) is 14.2. The highest BCUT2D eigenvalue weighted by Crippen LogP contribution is 2.34. The quantitative estimate of drug-likeness (QED) is 0.860. The molecule has 3 nitrogen and oxygen atoms in total. The van der Waals surface area contributed by atoms with Crippen molar-refractivity contribution in [1.29, 1.82) is 0 Å². The number of hydrogen-bond donors (Lipinski definition) is 0. The minimum Gasteiger partial charge on any atom is -0.212 e. The fraction of sp³-hybridized carbons (Fsp3) is 0.600. The molecule has 0 radical (unpaired) electrons. The maximum atomic E-state index is 13.0. The molecule has 1 aromatic rings. The van der Waals surface area contributed by atoms with E-state index >= 15 is 0 Å². The summed E-state index contributed by atoms with van der Waals surface area (Å²) in [5.74, 6) is -0.0588. The van der Waals surface area contributed by atoms with Crippen molar-refractivity contribution in [3.8, 4) is 0 Å². The first-order chi connectivity index (χ1) is 9.57. The largest absolute Gasteiger partial charge is 0.217 e. The minimum absolute atomic E-state index is 0.144. The lowest BCUT2D eigenvalue weighted by molar-refractivity contribution is 0.405. The predicted molar refractivity (Wildman–Crippen MR) is 76.5 cm³/mol. The molecule has 1 atom stereocenters. The van der Waals surface area contributed by atoms with Gasteiger partial charge < -0.3 is 0 Å². The van der Waals surface area contributed by atoms with Crippen molar-refractivity contribution in [1.82, 2.24) is 4.31 Å². The second kappa shape index (κ2) is 5.45. The van der Waals surface area contributed by atoms with Gasteiger partial charge in [0.1, 0.15) is 5.82 Å². The van der Waals surface area contributed by atoms with Gasteiger partial charge in [0.25, 0.3) is 0 Å². The molecule has 1 aliphatic heterocycles. The summed E-state index contributed by atoms with van der Waals surface area (Å²) in [7, 11) is -3.10. The van der Waals surface area contributed by atoms with Crippen LogP contribution in [0.1, 0.15) is 43.6 Å². The molecule has 0 bridgehead atoms. The van der Waals surface area contributed by atoms with Gasteiger partial charge in [-0.1, -0.05) is 18.6 Å². The van der Waals surface area contributed by atoms with Crippen LogP contribution in [0.2, 0.25) is 0 Å². The second-order valence-corrected chi connectivity index (χ2v) is 8.06. The molecule has 1 aliphatic carbocycles. The van der Waals surface area contributed by atoms with E-state index in [2.05, 4.69) is 0 Å². The number of hydrogen-bond acceptors (Lipinski definition) is 2. The monoisotopic (exact) mass is 297 g/mol. The molecule has 110 valence electrons. The highest BCUT2D eigenvalue weighted by molar-refractivity contribution is 7.90. The number of benzene rings is 1. The molecule has 1 unspecified atom stereocenters. The first-order valence-electron chi connectivity index (χ1n) is 7.32. The van der Waals surface area contributed by atoms with E-state index in [1.165, 1.54) is 12.1 Å². The maximum Gasteiger partial charge on any atom is 0.217 e. The highest BCUT2D eigenvalue weighted by Gasteiger charge is 2.41. The highest BCUT2D eigenvalue weighted by atomic mass is 32.2. The van der Waals surface area contributed by atoms with Gasteiger partial charge in [-0.05, 0) is 49.3 Å². The molecule has 0 amide bonds. The average molecular weight is 297 g/mol. The summed E-state index contributed by atoms with van der Waals surface area (Å²) < 4.78 is 39.5. The second-order valence-electron chi connectivity index (χ2n) is 5.85. The zero-order valence-electron chi connectivity index (χ0n) is 11.5. The van der Waals surface area contributed by atoms with Crippen molar-refractivity contribution in [3.05, 3.63) is 35.6 Å². The molecule has 1 aromatic carbocycles. The van der Waals surface area contributed by atoms with Crippen LogP contribution in [-0.4, -0.2) is 31.1 Å². The van der Waals surface area contributed by atoms with Crippen LogP contribution in [0.25, 0.3) is 0 Å². The van der Waals surface area contributed by atoms with Crippen LogP contribution < -0.4 is 0 Å². The topological polar surface area (TPSA) is 37.4 Å². The lowest BCUT2D eigenvalue weighted by atomic mass is 9.95. The summed E-state index contributed by atoms with van der Waals surface area (Å²) in [6.07, 6.45) is 4.53. The van der Waals surface area contributed by atoms with Crippen LogP contribution in [0.3, 0.4) is 0 Å². The van der Waals surface area contributed by atoms with Crippen molar-refractivity contribution < 1.29 is 12.8 Å². The number of halogens is 1. The first-order valence-corrected chi connectivity index (χ1v) is 8.82. The molecule has 2 aliphatic rings. The van der Waals surface area contributed by atoms with Crippen molar-refractivity contribution in [2.75, 3.05) is 13.1 Å². The van der Waals surface area contributed by atoms with Gasteiger partial charge in [0, 0.05) is 13.1 Å². The van der Waals surface area contributed by atoms with E-state index in [1.54, 1.807) is 16.4 Å². The fourth-order valence-electron chi connectivity index (χ4n) is 2.92. The van der Waals surface area contributed by atoms with Crippen LogP contribution in [0.5, 0.6) is 0 Å². The van der Waals surface area contributed by atoms with E-state index in [1.807, 2.05) is 0 Å². The summed E-state index contributed by atoms with van der Waals surface area (Å²) in [5.41, 5.74) is 1.05. The SMILES string of the molecule is O=S(=O)(C1CC1)N1CCCCC(c2ccc(F)cc2)C1. The third-order valence-electron chi connectivity index (χ3n) is 4.28. The van der Waals surface area contributed by atoms with Crippen LogP contribution >= 0.6 is 0 Å². The Morgan fingerprint density at radius 2 is 1.75 bits per heavy atom. The van der Waals surface area contributed by atoms with E-state index < -0.39 is 10.0 Å². The van der Waals surface area contributed by atoms with Crippen LogP contribution in [-0.2, 0) is 10.0 Å². The number of sulfonamides is 1. The molecule has 1 saturated heterocycles. The normalized spacial score (nSPS) is 25.4. The Hall–Kier alpha value is -0.940. The summed E-state index contributed by atoms with van der Waals surface area (Å²) in [6.45, 7) is 1.18. The molecule has 0 N–H and O–H groups in total. The predicted octanol–water partition coefficient (Wildman–Crippen LogP) is 2.89. The summed E-state index contributed by atoms with van der Waals surface area (Å²) in [6, 6.07) is 6.49. The average Bonchev–Trinajstić information content (AvgIpc) is 3.26. The Kier molecular flexibility index (Phi) is 3.82. The van der Waals surface area contributed by atoms with Gasteiger partial charge in [0.15, 0.2) is 0 Å². The van der Waals surface area contributed by atoms with E-state index in [4.69, 9.17) is 0 Å². The molecule has 1 heterocycles. The van der Waals surface area contributed by atoms with E-state index in [9.17, 15) is 12.8 Å². The summed E-state index contributed by atoms with van der Waals surface area (Å²) >= 11 is 0. The van der Waals surface area contributed by atoms with Gasteiger partial charge in [0.2, 0.25) is 10.0 Å². The Morgan fingerprint density at radius 1 is 1.05 bits per heavy atom. The standard InChI is InChI=1S/C15H20FNO2S/c16-14-6-4-12(5-7-14)13-3-1-2-10-17(11-13)20(18,19)15-8-9-15/h4-7,13,15H,1-3,8-11H2. The lowest BCUT2D eigenvalue weighted by Gasteiger charge is -2.24. The first kappa shape index (κ1) is 14.0. The smallest absolute Gasteiger partial charge is 0.212 e. The minimum atomic E-state index is -3.10. The number of rotatable bonds is 3. The van der Waals surface area contributed by atoms with Gasteiger partial charge in [-0.2, -0.15) is 0 Å². The molecule has 1 saturated carbocycles. The molecular weight excluding hydrogens is 277 g/mol. The molecule has 20 heavy (non-hydrogen) atoms. The van der Waals surface area contributed by atoms with Crippen molar-refractivity contribution >= 4 is 10.0 Å². The van der Waals surface area contributed by atoms with Crippen LogP contribution in [0, 0.1) is 5.82 Å². The van der Waals surface area contributed by atoms with Crippen molar-refractivity contribution in [3.63, 3.8) is 0 Å². The fourth-order valence-corrected chi connectivity index (χ4v) is 4.85. The Bertz CT molecular complexity index is 566. The lowest BCUT2D eigenvalue weighted by Crippen LogP contribution is -2.36. The molecule has 3 rings (SSSR count). The maximum absolute atomic E-state index is 13.0. The number of nitrogens with zero attached hydrogens (tertiary/aromatic N) is 1. The molecule has 2 fully saturated rings. The Morgan fingerprint density at radius 3 is 2.40 bits per heavy atom. The van der Waals surface area contributed by atoms with E-state index in [0.717, 1.165) is 37.7 Å². The van der Waals surface area contributed by atoms with Crippen molar-refractivity contribution in [2.45, 2.75) is 43.3 Å². The zero-order valence-corrected chi connectivity index (χ0v) is 12.3. The van der Waals surface area contributed by atoms with E-state index in [-0.39, 0.29) is 17.0 Å². The van der Waals surface area contributed by atoms with Gasteiger partial charge in [-0.25, -0.2) is 17.1 Å². The molecule has 0 aromatic heterocycles. The van der Waals surface area contributed by atoms with Gasteiger partial charge in [-0.15, -0.1) is 0 Å². The van der Waals surface area contributed by atoms with Gasteiger partial charge in [-0.3, -0.25) is 0 Å².